The van der Waals surface area contributed by atoms with E-state index in [2.05, 4.69) is 0 Å². The van der Waals surface area contributed by atoms with Crippen molar-refractivity contribution in [2.24, 2.45) is 5.73 Å². The van der Waals surface area contributed by atoms with Crippen LogP contribution >= 0.6 is 17.0 Å². The van der Waals surface area contributed by atoms with E-state index in [1.165, 1.54) is 6.07 Å². The predicted octanol–water partition coefficient (Wildman–Crippen LogP) is 2.06. The fourth-order valence-electron chi connectivity index (χ4n) is 1.32. The van der Waals surface area contributed by atoms with Gasteiger partial charge in [0.2, 0.25) is 0 Å². The highest BCUT2D eigenvalue weighted by Crippen LogP contribution is 2.46. The third-order valence-corrected chi connectivity index (χ3v) is 2.31. The van der Waals surface area contributed by atoms with E-state index in [4.69, 9.17) is 5.73 Å². The van der Waals surface area contributed by atoms with Gasteiger partial charge in [0.25, 0.3) is 0 Å². The van der Waals surface area contributed by atoms with Crippen molar-refractivity contribution < 1.29 is 9.50 Å². The summed E-state index contributed by atoms with van der Waals surface area (Å²) in [5.41, 5.74) is 5.87. The summed E-state index contributed by atoms with van der Waals surface area (Å²) in [5, 5.41) is 9.32. The second-order valence-electron chi connectivity index (χ2n) is 3.29. The summed E-state index contributed by atoms with van der Waals surface area (Å²) in [4.78, 5) is 0. The SMILES string of the molecule is Br.NC1(c2cccc(F)c2O)CC1. The van der Waals surface area contributed by atoms with Crippen LogP contribution in [0.25, 0.3) is 0 Å². The summed E-state index contributed by atoms with van der Waals surface area (Å²) in [7, 11) is 0. The molecule has 0 radical (unpaired) electrons. The molecule has 0 amide bonds. The summed E-state index contributed by atoms with van der Waals surface area (Å²) in [6.45, 7) is 0. The molecule has 0 heterocycles. The lowest BCUT2D eigenvalue weighted by atomic mass is 10.0. The number of phenols is 1. The van der Waals surface area contributed by atoms with E-state index in [-0.39, 0.29) is 22.7 Å². The number of phenolic OH excluding ortho intramolecular Hbond substituents is 1. The number of halogens is 2. The van der Waals surface area contributed by atoms with Gasteiger partial charge in [0, 0.05) is 11.1 Å². The maximum Gasteiger partial charge on any atom is 0.165 e. The van der Waals surface area contributed by atoms with Crippen LogP contribution in [0.15, 0.2) is 18.2 Å². The molecule has 1 aliphatic carbocycles. The Labute approximate surface area is 86.3 Å². The van der Waals surface area contributed by atoms with E-state index < -0.39 is 11.4 Å². The molecule has 1 aromatic rings. The van der Waals surface area contributed by atoms with Gasteiger partial charge in [0.05, 0.1) is 0 Å². The van der Waals surface area contributed by atoms with Gasteiger partial charge >= 0.3 is 0 Å². The molecular weight excluding hydrogens is 237 g/mol. The number of para-hydroxylation sites is 1. The zero-order valence-electron chi connectivity index (χ0n) is 6.96. The lowest BCUT2D eigenvalue weighted by molar-refractivity contribution is 0.419. The Kier molecular flexibility index (Phi) is 2.63. The van der Waals surface area contributed by atoms with Gasteiger partial charge in [-0.1, -0.05) is 12.1 Å². The molecule has 1 saturated carbocycles. The minimum atomic E-state index is -0.593. The molecule has 0 atom stereocenters. The van der Waals surface area contributed by atoms with E-state index in [1.807, 2.05) is 0 Å². The first kappa shape index (κ1) is 10.5. The minimum absolute atomic E-state index is 0. The third-order valence-electron chi connectivity index (χ3n) is 2.31. The number of aromatic hydroxyl groups is 1. The Balaban J connectivity index is 0.000000845. The summed E-state index contributed by atoms with van der Waals surface area (Å²) in [6, 6.07) is 4.47. The average Bonchev–Trinajstić information content (AvgIpc) is 2.75. The fourth-order valence-corrected chi connectivity index (χ4v) is 1.32. The zero-order valence-corrected chi connectivity index (χ0v) is 8.67. The van der Waals surface area contributed by atoms with Gasteiger partial charge in [-0.25, -0.2) is 4.39 Å². The van der Waals surface area contributed by atoms with Gasteiger partial charge in [0.1, 0.15) is 0 Å². The Hall–Kier alpha value is -0.610. The van der Waals surface area contributed by atoms with Gasteiger partial charge in [-0.15, -0.1) is 17.0 Å². The number of hydrogen-bond acceptors (Lipinski definition) is 2. The normalized spacial score (nSPS) is 17.7. The van der Waals surface area contributed by atoms with Gasteiger partial charge in [-0.2, -0.15) is 0 Å². The standard InChI is InChI=1S/C9H10FNO.BrH/c10-7-3-1-2-6(8(7)12)9(11)4-5-9;/h1-3,12H,4-5,11H2;1H. The molecule has 1 aromatic carbocycles. The highest BCUT2D eigenvalue weighted by atomic mass is 79.9. The molecule has 4 heteroatoms. The van der Waals surface area contributed by atoms with Crippen LogP contribution in [0.2, 0.25) is 0 Å². The van der Waals surface area contributed by atoms with E-state index in [1.54, 1.807) is 12.1 Å². The van der Waals surface area contributed by atoms with Crippen molar-refractivity contribution in [1.82, 2.24) is 0 Å². The van der Waals surface area contributed by atoms with Crippen molar-refractivity contribution >= 4 is 17.0 Å². The summed E-state index contributed by atoms with van der Waals surface area (Å²) in [5.74, 6) is -0.887. The van der Waals surface area contributed by atoms with Crippen molar-refractivity contribution in [3.8, 4) is 5.75 Å². The lowest BCUT2D eigenvalue weighted by Gasteiger charge is -2.10. The third kappa shape index (κ3) is 1.69. The van der Waals surface area contributed by atoms with Crippen LogP contribution in [0.4, 0.5) is 4.39 Å². The first-order chi connectivity index (χ1) is 5.63. The van der Waals surface area contributed by atoms with Crippen LogP contribution in [0, 0.1) is 5.82 Å². The minimum Gasteiger partial charge on any atom is -0.505 e. The molecule has 2 nitrogen and oxygen atoms in total. The molecule has 0 spiro atoms. The maximum atomic E-state index is 12.8. The topological polar surface area (TPSA) is 46.2 Å². The Morgan fingerprint density at radius 3 is 2.54 bits per heavy atom. The van der Waals surface area contributed by atoms with Crippen LogP contribution in [0.3, 0.4) is 0 Å². The summed E-state index contributed by atoms with van der Waals surface area (Å²) < 4.78 is 12.8. The molecule has 2 rings (SSSR count). The van der Waals surface area contributed by atoms with E-state index >= 15 is 0 Å². The highest BCUT2D eigenvalue weighted by Gasteiger charge is 2.42. The number of nitrogens with two attached hydrogens (primary N) is 1. The molecule has 3 N–H and O–H groups in total. The van der Waals surface area contributed by atoms with Crippen LogP contribution in [0.1, 0.15) is 18.4 Å². The number of hydrogen-bond donors (Lipinski definition) is 2. The van der Waals surface area contributed by atoms with E-state index in [9.17, 15) is 9.50 Å². The second kappa shape index (κ2) is 3.27. The fraction of sp³-hybridized carbons (Fsp3) is 0.333. The molecular formula is C9H11BrFNO. The first-order valence-corrected chi connectivity index (χ1v) is 3.90. The Bertz CT molecular complexity index is 325. The molecule has 13 heavy (non-hydrogen) atoms. The maximum absolute atomic E-state index is 12.8. The highest BCUT2D eigenvalue weighted by molar-refractivity contribution is 8.93. The van der Waals surface area contributed by atoms with E-state index in [0.29, 0.717) is 5.56 Å². The molecule has 0 aromatic heterocycles. The number of rotatable bonds is 1. The molecule has 0 bridgehead atoms. The predicted molar refractivity (Wildman–Crippen MR) is 53.5 cm³/mol. The lowest BCUT2D eigenvalue weighted by Crippen LogP contribution is -2.18. The van der Waals surface area contributed by atoms with Crippen LogP contribution < -0.4 is 5.73 Å². The smallest absolute Gasteiger partial charge is 0.165 e. The zero-order chi connectivity index (χ0) is 8.77. The number of benzene rings is 1. The van der Waals surface area contributed by atoms with Crippen molar-refractivity contribution in [2.75, 3.05) is 0 Å². The second-order valence-corrected chi connectivity index (χ2v) is 3.29. The first-order valence-electron chi connectivity index (χ1n) is 3.90. The van der Waals surface area contributed by atoms with Gasteiger partial charge < -0.3 is 10.8 Å². The van der Waals surface area contributed by atoms with Crippen molar-refractivity contribution in [3.05, 3.63) is 29.6 Å². The summed E-state index contributed by atoms with van der Waals surface area (Å²) >= 11 is 0. The monoisotopic (exact) mass is 247 g/mol. The molecule has 0 unspecified atom stereocenters. The largest absolute Gasteiger partial charge is 0.505 e. The summed E-state index contributed by atoms with van der Waals surface area (Å²) in [6.07, 6.45) is 1.65. The van der Waals surface area contributed by atoms with Crippen molar-refractivity contribution in [2.45, 2.75) is 18.4 Å². The van der Waals surface area contributed by atoms with Crippen molar-refractivity contribution in [3.63, 3.8) is 0 Å². The molecule has 1 aliphatic rings. The molecule has 1 fully saturated rings. The van der Waals surface area contributed by atoms with Gasteiger partial charge in [-0.3, -0.25) is 0 Å². The van der Waals surface area contributed by atoms with Crippen molar-refractivity contribution in [1.29, 1.82) is 0 Å². The molecule has 0 saturated heterocycles. The molecule has 72 valence electrons. The average molecular weight is 248 g/mol. The van der Waals surface area contributed by atoms with Gasteiger partial charge in [-0.05, 0) is 18.9 Å². The molecule has 0 aliphatic heterocycles. The van der Waals surface area contributed by atoms with Crippen LogP contribution in [-0.4, -0.2) is 5.11 Å². The van der Waals surface area contributed by atoms with Crippen LogP contribution in [0.5, 0.6) is 5.75 Å². The van der Waals surface area contributed by atoms with E-state index in [0.717, 1.165) is 12.8 Å². The Morgan fingerprint density at radius 1 is 1.38 bits per heavy atom. The van der Waals surface area contributed by atoms with Crippen LogP contribution in [-0.2, 0) is 5.54 Å². The quantitative estimate of drug-likeness (QED) is 0.799. The van der Waals surface area contributed by atoms with Gasteiger partial charge in [0.15, 0.2) is 11.6 Å². The Morgan fingerprint density at radius 2 is 2.00 bits per heavy atom.